The van der Waals surface area contributed by atoms with Crippen LogP contribution in [0.3, 0.4) is 0 Å². The monoisotopic (exact) mass is 310 g/mol. The van der Waals surface area contributed by atoms with Crippen molar-refractivity contribution in [2.45, 2.75) is 12.8 Å². The van der Waals surface area contributed by atoms with E-state index in [0.29, 0.717) is 0 Å². The number of aromatic nitrogens is 1. The van der Waals surface area contributed by atoms with Crippen molar-refractivity contribution < 1.29 is 23.6 Å². The lowest BCUT2D eigenvalue weighted by atomic mass is 10.1. The highest BCUT2D eigenvalue weighted by molar-refractivity contribution is 9.10. The zero-order valence-electron chi connectivity index (χ0n) is 8.06. The first-order valence-corrected chi connectivity index (χ1v) is 4.95. The van der Waals surface area contributed by atoms with Crippen LogP contribution in [0.4, 0.5) is 14.5 Å². The number of nitro groups is 1. The molecular formula is C8H5BrF2N2O4. The van der Waals surface area contributed by atoms with Gasteiger partial charge in [0.15, 0.2) is 4.60 Å². The molecule has 0 fully saturated rings. The van der Waals surface area contributed by atoms with Gasteiger partial charge in [-0.05, 0) is 21.5 Å². The van der Waals surface area contributed by atoms with Crippen molar-refractivity contribution in [3.63, 3.8) is 0 Å². The summed E-state index contributed by atoms with van der Waals surface area (Å²) in [5.41, 5.74) is -2.19. The van der Waals surface area contributed by atoms with Crippen LogP contribution in [0, 0.1) is 10.1 Å². The fraction of sp³-hybridized carbons (Fsp3) is 0.250. The Balaban J connectivity index is 3.47. The molecule has 1 aromatic rings. The number of alkyl halides is 2. The number of hydrogen-bond donors (Lipinski definition) is 1. The third-order valence-corrected chi connectivity index (χ3v) is 2.45. The van der Waals surface area contributed by atoms with Crippen molar-refractivity contribution in [1.29, 1.82) is 0 Å². The number of rotatable bonds is 4. The lowest BCUT2D eigenvalue weighted by Gasteiger charge is -2.08. The lowest BCUT2D eigenvalue weighted by Crippen LogP contribution is -2.08. The average Bonchev–Trinajstić information content (AvgIpc) is 2.18. The molecule has 0 bridgehead atoms. The second-order valence-corrected chi connectivity index (χ2v) is 3.72. The molecule has 0 aliphatic rings. The highest BCUT2D eigenvalue weighted by Gasteiger charge is 2.30. The van der Waals surface area contributed by atoms with Crippen molar-refractivity contribution >= 4 is 27.6 Å². The quantitative estimate of drug-likeness (QED) is 0.523. The lowest BCUT2D eigenvalue weighted by molar-refractivity contribution is -0.387. The third-order valence-electron chi connectivity index (χ3n) is 1.87. The Labute approximate surface area is 102 Å². The van der Waals surface area contributed by atoms with Crippen LogP contribution in [-0.4, -0.2) is 21.0 Å². The summed E-state index contributed by atoms with van der Waals surface area (Å²) in [6, 6.07) is 0. The van der Waals surface area contributed by atoms with Crippen molar-refractivity contribution in [1.82, 2.24) is 4.98 Å². The van der Waals surface area contributed by atoms with Crippen LogP contribution < -0.4 is 0 Å². The zero-order chi connectivity index (χ0) is 13.2. The molecule has 9 heteroatoms. The number of nitrogens with zero attached hydrogens (tertiary/aromatic N) is 2. The van der Waals surface area contributed by atoms with E-state index < -0.39 is 35.0 Å². The van der Waals surface area contributed by atoms with Crippen LogP contribution >= 0.6 is 15.9 Å². The molecule has 0 saturated carbocycles. The van der Waals surface area contributed by atoms with Gasteiger partial charge in [0.2, 0.25) is 0 Å². The van der Waals surface area contributed by atoms with Crippen molar-refractivity contribution in [3.8, 4) is 0 Å². The van der Waals surface area contributed by atoms with Gasteiger partial charge in [0.25, 0.3) is 6.43 Å². The van der Waals surface area contributed by atoms with Gasteiger partial charge in [-0.2, -0.15) is 0 Å². The first-order chi connectivity index (χ1) is 7.84. The van der Waals surface area contributed by atoms with Gasteiger partial charge in [0.05, 0.1) is 11.3 Å². The molecule has 1 aromatic heterocycles. The molecular weight excluding hydrogens is 306 g/mol. The van der Waals surface area contributed by atoms with E-state index in [-0.39, 0.29) is 10.2 Å². The minimum atomic E-state index is -3.15. The van der Waals surface area contributed by atoms with E-state index in [1.807, 2.05) is 0 Å². The number of carboxylic acid groups (broad SMARTS) is 1. The molecule has 0 amide bonds. The molecule has 1 rings (SSSR count). The van der Waals surface area contributed by atoms with Crippen LogP contribution in [0.15, 0.2) is 10.8 Å². The van der Waals surface area contributed by atoms with Gasteiger partial charge in [0.1, 0.15) is 5.56 Å². The minimum Gasteiger partial charge on any atom is -0.481 e. The summed E-state index contributed by atoms with van der Waals surface area (Å²) in [4.78, 5) is 23.5. The van der Waals surface area contributed by atoms with Crippen molar-refractivity contribution in [3.05, 3.63) is 32.0 Å². The predicted molar refractivity (Wildman–Crippen MR) is 54.9 cm³/mol. The highest BCUT2D eigenvalue weighted by Crippen LogP contribution is 2.36. The molecule has 0 unspecified atom stereocenters. The van der Waals surface area contributed by atoms with Crippen molar-refractivity contribution in [2.75, 3.05) is 0 Å². The summed E-state index contributed by atoms with van der Waals surface area (Å²) in [5.74, 6) is -1.37. The second kappa shape index (κ2) is 5.13. The number of halogens is 3. The Hall–Kier alpha value is -1.64. The Morgan fingerprint density at radius 3 is 2.65 bits per heavy atom. The normalized spacial score (nSPS) is 10.6. The molecule has 17 heavy (non-hydrogen) atoms. The fourth-order valence-corrected chi connectivity index (χ4v) is 1.71. The minimum absolute atomic E-state index is 0.355. The molecule has 0 aliphatic carbocycles. The summed E-state index contributed by atoms with van der Waals surface area (Å²) in [5, 5.41) is 19.2. The van der Waals surface area contributed by atoms with Crippen LogP contribution in [-0.2, 0) is 11.2 Å². The van der Waals surface area contributed by atoms with E-state index >= 15 is 0 Å². The molecule has 6 nitrogen and oxygen atoms in total. The van der Waals surface area contributed by atoms with Crippen molar-refractivity contribution in [2.24, 2.45) is 0 Å². The van der Waals surface area contributed by atoms with E-state index in [1.165, 1.54) is 0 Å². The molecule has 0 aliphatic heterocycles. The van der Waals surface area contributed by atoms with Crippen LogP contribution in [0.1, 0.15) is 17.6 Å². The van der Waals surface area contributed by atoms with Crippen LogP contribution in [0.5, 0.6) is 0 Å². The van der Waals surface area contributed by atoms with Gasteiger partial charge in [-0.25, -0.2) is 13.8 Å². The SMILES string of the molecule is O=C(O)Cc1cnc(Br)c([N+](=O)[O-])c1C(F)F. The Bertz CT molecular complexity index is 481. The molecule has 0 atom stereocenters. The number of carbonyl (C=O) groups is 1. The Morgan fingerprint density at radius 1 is 1.65 bits per heavy atom. The average molecular weight is 311 g/mol. The number of aliphatic carboxylic acids is 1. The van der Waals surface area contributed by atoms with E-state index in [0.717, 1.165) is 6.20 Å². The van der Waals surface area contributed by atoms with E-state index in [2.05, 4.69) is 20.9 Å². The molecule has 1 heterocycles. The summed E-state index contributed by atoms with van der Waals surface area (Å²) in [7, 11) is 0. The number of pyridine rings is 1. The van der Waals surface area contributed by atoms with Gasteiger partial charge >= 0.3 is 11.7 Å². The largest absolute Gasteiger partial charge is 0.481 e. The highest BCUT2D eigenvalue weighted by atomic mass is 79.9. The number of hydrogen-bond acceptors (Lipinski definition) is 4. The maximum Gasteiger partial charge on any atom is 0.311 e. The van der Waals surface area contributed by atoms with Gasteiger partial charge in [-0.15, -0.1) is 0 Å². The summed E-state index contributed by atoms with van der Waals surface area (Å²) in [6.45, 7) is 0. The Morgan fingerprint density at radius 2 is 2.24 bits per heavy atom. The zero-order valence-corrected chi connectivity index (χ0v) is 9.65. The third kappa shape index (κ3) is 2.93. The standard InChI is InChI=1S/C8H5BrF2N2O4/c9-7-6(13(16)17)5(8(10)11)3(2-12-7)1-4(14)15/h2,8H,1H2,(H,14,15). The Kier molecular flexibility index (Phi) is 4.05. The van der Waals surface area contributed by atoms with E-state index in [1.54, 1.807) is 0 Å². The van der Waals surface area contributed by atoms with Crippen LogP contribution in [0.25, 0.3) is 0 Å². The maximum atomic E-state index is 12.7. The van der Waals surface area contributed by atoms with E-state index in [4.69, 9.17) is 5.11 Å². The summed E-state index contributed by atoms with van der Waals surface area (Å²) >= 11 is 2.68. The molecule has 1 N–H and O–H groups in total. The molecule has 0 radical (unpaired) electrons. The van der Waals surface area contributed by atoms with Gasteiger partial charge in [-0.1, -0.05) is 0 Å². The topological polar surface area (TPSA) is 93.3 Å². The van der Waals surface area contributed by atoms with E-state index in [9.17, 15) is 23.7 Å². The maximum absolute atomic E-state index is 12.7. The molecule has 92 valence electrons. The summed E-state index contributed by atoms with van der Waals surface area (Å²) in [6.07, 6.45) is -3.02. The predicted octanol–water partition coefficient (Wildman–Crippen LogP) is 2.32. The van der Waals surface area contributed by atoms with Crippen LogP contribution in [0.2, 0.25) is 0 Å². The second-order valence-electron chi connectivity index (χ2n) is 2.96. The van der Waals surface area contributed by atoms with Gasteiger partial charge < -0.3 is 5.11 Å². The van der Waals surface area contributed by atoms with Gasteiger partial charge in [0, 0.05) is 6.20 Å². The summed E-state index contributed by atoms with van der Waals surface area (Å²) < 4.78 is 25.1. The molecule has 0 aromatic carbocycles. The fourth-order valence-electron chi connectivity index (χ4n) is 1.25. The van der Waals surface area contributed by atoms with Gasteiger partial charge in [-0.3, -0.25) is 14.9 Å². The first kappa shape index (κ1) is 13.4. The molecule has 0 spiro atoms. The smallest absolute Gasteiger partial charge is 0.311 e. The molecule has 0 saturated heterocycles. The first-order valence-electron chi connectivity index (χ1n) is 4.16. The number of carboxylic acids is 1.